The maximum absolute atomic E-state index is 11.2. The molecule has 0 amide bonds. The van der Waals surface area contributed by atoms with Crippen LogP contribution >= 0.6 is 0 Å². The maximum atomic E-state index is 11.2. The highest BCUT2D eigenvalue weighted by molar-refractivity contribution is 5.73. The highest BCUT2D eigenvalue weighted by Gasteiger charge is 2.24. The first-order chi connectivity index (χ1) is 9.10. The third kappa shape index (κ3) is 3.57. The van der Waals surface area contributed by atoms with Crippen LogP contribution in [0.1, 0.15) is 42.9 Å². The van der Waals surface area contributed by atoms with Crippen molar-refractivity contribution in [1.82, 2.24) is 5.32 Å². The predicted molar refractivity (Wildman–Crippen MR) is 76.5 cm³/mol. The third-order valence-electron chi connectivity index (χ3n) is 3.90. The molecule has 2 rings (SSSR count). The monoisotopic (exact) mass is 261 g/mol. The predicted octanol–water partition coefficient (Wildman–Crippen LogP) is 2.70. The van der Waals surface area contributed by atoms with E-state index in [0.29, 0.717) is 12.5 Å². The molecule has 0 saturated carbocycles. The minimum absolute atomic E-state index is 0.294. The van der Waals surface area contributed by atoms with Crippen molar-refractivity contribution in [2.24, 2.45) is 0 Å². The summed E-state index contributed by atoms with van der Waals surface area (Å²) in [6, 6.07) is 6.48. The van der Waals surface area contributed by atoms with E-state index < -0.39 is 12.0 Å². The number of hydrogen-bond donors (Lipinski definition) is 2. The van der Waals surface area contributed by atoms with E-state index in [1.54, 1.807) is 0 Å². The summed E-state index contributed by atoms with van der Waals surface area (Å²) in [7, 11) is 0. The lowest BCUT2D eigenvalue weighted by Gasteiger charge is -2.28. The summed E-state index contributed by atoms with van der Waals surface area (Å²) in [6.07, 6.45) is 4.62. The molecule has 0 radical (unpaired) electrons. The lowest BCUT2D eigenvalue weighted by atomic mass is 9.87. The molecular formula is C16H23NO2. The van der Waals surface area contributed by atoms with Crippen molar-refractivity contribution in [3.8, 4) is 0 Å². The van der Waals surface area contributed by atoms with Crippen molar-refractivity contribution in [2.75, 3.05) is 0 Å². The molecule has 2 N–H and O–H groups in total. The molecule has 1 unspecified atom stereocenters. The Labute approximate surface area is 115 Å². The highest BCUT2D eigenvalue weighted by Crippen LogP contribution is 2.23. The number of carboxylic acids is 1. The molecular weight excluding hydrogens is 238 g/mol. The van der Waals surface area contributed by atoms with Gasteiger partial charge in [-0.2, -0.15) is 0 Å². The number of carbonyl (C=O) groups is 1. The zero-order valence-electron chi connectivity index (χ0n) is 11.8. The maximum Gasteiger partial charge on any atom is 0.320 e. The molecule has 3 nitrogen and oxygen atoms in total. The standard InChI is InChI=1S/C16H23NO2/c1-3-4-15(16(18)19)17-14-8-7-12-9-11(2)5-6-13(12)10-14/h5-6,9,14-15,17H,3-4,7-8,10H2,1-2H3,(H,18,19)/t14?,15-/m0/s1. The molecule has 1 aliphatic rings. The van der Waals surface area contributed by atoms with Crippen LogP contribution in [0.25, 0.3) is 0 Å². The minimum atomic E-state index is -0.725. The van der Waals surface area contributed by atoms with E-state index in [4.69, 9.17) is 0 Å². The van der Waals surface area contributed by atoms with E-state index in [9.17, 15) is 9.90 Å². The van der Waals surface area contributed by atoms with Gasteiger partial charge in [0.15, 0.2) is 0 Å². The molecule has 1 aromatic rings. The summed E-state index contributed by atoms with van der Waals surface area (Å²) in [4.78, 5) is 11.2. The van der Waals surface area contributed by atoms with Gasteiger partial charge in [0.1, 0.15) is 6.04 Å². The number of carboxylic acid groups (broad SMARTS) is 1. The van der Waals surface area contributed by atoms with Crippen molar-refractivity contribution in [3.63, 3.8) is 0 Å². The fourth-order valence-corrected chi connectivity index (χ4v) is 2.88. The molecule has 0 heterocycles. The summed E-state index contributed by atoms with van der Waals surface area (Å²) in [6.45, 7) is 4.14. The van der Waals surface area contributed by atoms with Gasteiger partial charge in [-0.1, -0.05) is 37.1 Å². The van der Waals surface area contributed by atoms with E-state index >= 15 is 0 Å². The molecule has 0 aromatic heterocycles. The van der Waals surface area contributed by atoms with Gasteiger partial charge < -0.3 is 10.4 Å². The molecule has 0 bridgehead atoms. The first-order valence-electron chi connectivity index (χ1n) is 7.17. The van der Waals surface area contributed by atoms with Gasteiger partial charge in [-0.05, 0) is 43.7 Å². The van der Waals surface area contributed by atoms with Crippen molar-refractivity contribution in [1.29, 1.82) is 0 Å². The number of benzene rings is 1. The Bertz CT molecular complexity index is 456. The molecule has 2 atom stereocenters. The molecule has 1 aliphatic carbocycles. The van der Waals surface area contributed by atoms with Gasteiger partial charge in [0.2, 0.25) is 0 Å². The van der Waals surface area contributed by atoms with Gasteiger partial charge in [0, 0.05) is 6.04 Å². The fourth-order valence-electron chi connectivity index (χ4n) is 2.88. The lowest BCUT2D eigenvalue weighted by molar-refractivity contribution is -0.139. The van der Waals surface area contributed by atoms with Gasteiger partial charge >= 0.3 is 5.97 Å². The van der Waals surface area contributed by atoms with Gasteiger partial charge in [-0.3, -0.25) is 4.79 Å². The minimum Gasteiger partial charge on any atom is -0.480 e. The Morgan fingerprint density at radius 2 is 2.26 bits per heavy atom. The zero-order chi connectivity index (χ0) is 13.8. The number of rotatable bonds is 5. The fraction of sp³-hybridized carbons (Fsp3) is 0.562. The smallest absolute Gasteiger partial charge is 0.320 e. The van der Waals surface area contributed by atoms with Crippen LogP contribution in [0.5, 0.6) is 0 Å². The van der Waals surface area contributed by atoms with Crippen LogP contribution in [0.3, 0.4) is 0 Å². The quantitative estimate of drug-likeness (QED) is 0.856. The van der Waals surface area contributed by atoms with E-state index in [1.165, 1.54) is 16.7 Å². The Kier molecular flexibility index (Phi) is 4.59. The third-order valence-corrected chi connectivity index (χ3v) is 3.90. The van der Waals surface area contributed by atoms with E-state index in [1.807, 2.05) is 6.92 Å². The van der Waals surface area contributed by atoms with E-state index in [0.717, 1.165) is 25.7 Å². The summed E-state index contributed by atoms with van der Waals surface area (Å²) in [5.74, 6) is -0.725. The lowest BCUT2D eigenvalue weighted by Crippen LogP contribution is -2.45. The van der Waals surface area contributed by atoms with E-state index in [-0.39, 0.29) is 0 Å². The number of nitrogens with one attached hydrogen (secondary N) is 1. The van der Waals surface area contributed by atoms with Crippen molar-refractivity contribution >= 4 is 5.97 Å². The normalized spacial score (nSPS) is 19.8. The van der Waals surface area contributed by atoms with E-state index in [2.05, 4.69) is 30.4 Å². The van der Waals surface area contributed by atoms with Gasteiger partial charge in [0.25, 0.3) is 0 Å². The van der Waals surface area contributed by atoms with Crippen LogP contribution in [-0.2, 0) is 17.6 Å². The van der Waals surface area contributed by atoms with Crippen LogP contribution in [0.4, 0.5) is 0 Å². The summed E-state index contributed by atoms with van der Waals surface area (Å²) >= 11 is 0. The van der Waals surface area contributed by atoms with Crippen LogP contribution in [-0.4, -0.2) is 23.2 Å². The Balaban J connectivity index is 2.01. The van der Waals surface area contributed by atoms with Crippen LogP contribution in [0, 0.1) is 6.92 Å². The highest BCUT2D eigenvalue weighted by atomic mass is 16.4. The largest absolute Gasteiger partial charge is 0.480 e. The van der Waals surface area contributed by atoms with Crippen molar-refractivity contribution < 1.29 is 9.90 Å². The number of aryl methyl sites for hydroxylation is 2. The molecule has 3 heteroatoms. The molecule has 1 aromatic carbocycles. The number of aliphatic carboxylic acids is 1. The second kappa shape index (κ2) is 6.20. The summed E-state index contributed by atoms with van der Waals surface area (Å²) in [5.41, 5.74) is 4.11. The second-order valence-corrected chi connectivity index (χ2v) is 5.56. The average Bonchev–Trinajstić information content (AvgIpc) is 2.38. The van der Waals surface area contributed by atoms with Crippen LogP contribution < -0.4 is 5.32 Å². The Hall–Kier alpha value is -1.35. The van der Waals surface area contributed by atoms with Gasteiger partial charge in [-0.25, -0.2) is 0 Å². The van der Waals surface area contributed by atoms with Crippen molar-refractivity contribution in [2.45, 2.75) is 58.0 Å². The van der Waals surface area contributed by atoms with Crippen LogP contribution in [0.2, 0.25) is 0 Å². The molecule has 0 aliphatic heterocycles. The molecule has 104 valence electrons. The topological polar surface area (TPSA) is 49.3 Å². The number of fused-ring (bicyclic) bond motifs is 1. The first-order valence-corrected chi connectivity index (χ1v) is 7.17. The molecule has 0 spiro atoms. The molecule has 19 heavy (non-hydrogen) atoms. The SMILES string of the molecule is CCC[C@H](NC1CCc2cc(C)ccc2C1)C(=O)O. The van der Waals surface area contributed by atoms with Gasteiger partial charge in [-0.15, -0.1) is 0 Å². The second-order valence-electron chi connectivity index (χ2n) is 5.56. The average molecular weight is 261 g/mol. The Morgan fingerprint density at radius 1 is 1.47 bits per heavy atom. The van der Waals surface area contributed by atoms with Crippen LogP contribution in [0.15, 0.2) is 18.2 Å². The summed E-state index contributed by atoms with van der Waals surface area (Å²) < 4.78 is 0. The first kappa shape index (κ1) is 14.1. The Morgan fingerprint density at radius 3 is 2.95 bits per heavy atom. The van der Waals surface area contributed by atoms with Crippen molar-refractivity contribution in [3.05, 3.63) is 34.9 Å². The number of hydrogen-bond acceptors (Lipinski definition) is 2. The molecule has 0 saturated heterocycles. The zero-order valence-corrected chi connectivity index (χ0v) is 11.8. The summed E-state index contributed by atoms with van der Waals surface area (Å²) in [5, 5.41) is 12.5. The molecule has 0 fully saturated rings. The van der Waals surface area contributed by atoms with Gasteiger partial charge in [0.05, 0.1) is 0 Å².